The van der Waals surface area contributed by atoms with Gasteiger partial charge < -0.3 is 5.11 Å². The molecule has 0 unspecified atom stereocenters. The third-order valence-electron chi connectivity index (χ3n) is 7.57. The third-order valence-corrected chi connectivity index (χ3v) is 7.57. The van der Waals surface area contributed by atoms with Crippen molar-refractivity contribution in [1.29, 1.82) is 0 Å². The molecule has 0 aliphatic rings. The Morgan fingerprint density at radius 3 is 1.14 bits per heavy atom. The highest BCUT2D eigenvalue weighted by atomic mass is 16.3. The number of unbranched alkanes of at least 4 members (excludes halogenated alkanes) is 20. The lowest BCUT2D eigenvalue weighted by molar-refractivity contribution is -0.127. The number of carbonyl (C=O) groups is 2. The molecule has 0 saturated carbocycles. The molecule has 36 heavy (non-hydrogen) atoms. The van der Waals surface area contributed by atoms with Gasteiger partial charge in [0.15, 0.2) is 0 Å². The smallest absolute Gasteiger partial charge is 0.140 e. The molecule has 0 rings (SSSR count). The summed E-state index contributed by atoms with van der Waals surface area (Å²) in [6, 6.07) is 0. The second-order valence-corrected chi connectivity index (χ2v) is 11.4. The number of aliphatic hydroxyl groups is 1. The number of Topliss-reactive ketones (excluding diaryl/α,β-unsaturated/α-hetero) is 2. The molecule has 0 saturated heterocycles. The van der Waals surface area contributed by atoms with Crippen LogP contribution in [-0.2, 0) is 9.59 Å². The molecule has 0 fully saturated rings. The Morgan fingerprint density at radius 2 is 0.778 bits per heavy atom. The molecule has 0 aromatic rings. The fourth-order valence-electron chi connectivity index (χ4n) is 5.15. The van der Waals surface area contributed by atoms with Crippen molar-refractivity contribution in [2.45, 2.75) is 200 Å². The average molecular weight is 509 g/mol. The summed E-state index contributed by atoms with van der Waals surface area (Å²) in [5.74, 6) is 0.310. The predicted octanol–water partition coefficient (Wildman–Crippen LogP) is 10.4. The van der Waals surface area contributed by atoms with Crippen LogP contribution in [0.4, 0.5) is 0 Å². The Labute approximate surface area is 226 Å². The first kappa shape index (κ1) is 35.3. The van der Waals surface area contributed by atoms with Crippen LogP contribution < -0.4 is 0 Å². The molecule has 0 bridgehead atoms. The van der Waals surface area contributed by atoms with Gasteiger partial charge in [0.25, 0.3) is 0 Å². The van der Waals surface area contributed by atoms with Gasteiger partial charge in [0.05, 0.1) is 12.5 Å². The SMILES string of the molecule is CCCCCCCCCCCCCCCC(=O)CC(=O)CCCCCCCCCCC[C@H](O)CCC. The topological polar surface area (TPSA) is 54.4 Å². The van der Waals surface area contributed by atoms with E-state index in [2.05, 4.69) is 13.8 Å². The zero-order chi connectivity index (χ0) is 26.5. The maximum Gasteiger partial charge on any atom is 0.140 e. The highest BCUT2D eigenvalue weighted by Crippen LogP contribution is 2.15. The number of hydrogen-bond donors (Lipinski definition) is 1. The molecule has 0 spiro atoms. The van der Waals surface area contributed by atoms with E-state index in [-0.39, 0.29) is 24.1 Å². The minimum absolute atomic E-state index is 0.0905. The lowest BCUT2D eigenvalue weighted by Gasteiger charge is -2.08. The third kappa shape index (κ3) is 27.9. The van der Waals surface area contributed by atoms with E-state index in [1.165, 1.54) is 109 Å². The van der Waals surface area contributed by atoms with Crippen LogP contribution in [0.15, 0.2) is 0 Å². The van der Waals surface area contributed by atoms with E-state index >= 15 is 0 Å². The molecule has 214 valence electrons. The minimum Gasteiger partial charge on any atom is -0.393 e. The molecule has 3 heteroatoms. The van der Waals surface area contributed by atoms with Gasteiger partial charge in [-0.05, 0) is 25.7 Å². The molecule has 3 nitrogen and oxygen atoms in total. The van der Waals surface area contributed by atoms with E-state index in [9.17, 15) is 14.7 Å². The number of hydrogen-bond acceptors (Lipinski definition) is 3. The van der Waals surface area contributed by atoms with Crippen LogP contribution in [-0.4, -0.2) is 22.8 Å². The summed E-state index contributed by atoms with van der Waals surface area (Å²) >= 11 is 0. The van der Waals surface area contributed by atoms with E-state index < -0.39 is 0 Å². The van der Waals surface area contributed by atoms with E-state index in [0.29, 0.717) is 12.8 Å². The van der Waals surface area contributed by atoms with Crippen molar-refractivity contribution in [3.63, 3.8) is 0 Å². The molecule has 0 aromatic carbocycles. The van der Waals surface area contributed by atoms with Crippen LogP contribution in [0, 0.1) is 0 Å². The van der Waals surface area contributed by atoms with Gasteiger partial charge in [0, 0.05) is 12.8 Å². The summed E-state index contributed by atoms with van der Waals surface area (Å²) in [5, 5.41) is 9.73. The largest absolute Gasteiger partial charge is 0.393 e. The maximum absolute atomic E-state index is 12.1. The Hall–Kier alpha value is -0.700. The first-order valence-corrected chi connectivity index (χ1v) is 16.3. The molecule has 0 aliphatic heterocycles. The predicted molar refractivity (Wildman–Crippen MR) is 157 cm³/mol. The summed E-state index contributed by atoms with van der Waals surface area (Å²) in [5.41, 5.74) is 0. The van der Waals surface area contributed by atoms with Crippen molar-refractivity contribution in [1.82, 2.24) is 0 Å². The monoisotopic (exact) mass is 508 g/mol. The van der Waals surface area contributed by atoms with Gasteiger partial charge in [-0.15, -0.1) is 0 Å². The van der Waals surface area contributed by atoms with Crippen LogP contribution in [0.1, 0.15) is 194 Å². The maximum atomic E-state index is 12.1. The quantitative estimate of drug-likeness (QED) is 0.0775. The number of rotatable bonds is 30. The summed E-state index contributed by atoms with van der Waals surface area (Å²) in [6.07, 6.45) is 32.1. The zero-order valence-electron chi connectivity index (χ0n) is 24.6. The second kappa shape index (κ2) is 28.9. The van der Waals surface area contributed by atoms with Crippen molar-refractivity contribution in [3.05, 3.63) is 0 Å². The van der Waals surface area contributed by atoms with Crippen LogP contribution in [0.25, 0.3) is 0 Å². The molecular formula is C33H64O3. The van der Waals surface area contributed by atoms with Crippen molar-refractivity contribution < 1.29 is 14.7 Å². The Balaban J connectivity index is 3.32. The van der Waals surface area contributed by atoms with E-state index in [4.69, 9.17) is 0 Å². The molecule has 0 heterocycles. The molecule has 1 N–H and O–H groups in total. The number of carbonyl (C=O) groups excluding carboxylic acids is 2. The van der Waals surface area contributed by atoms with Crippen molar-refractivity contribution >= 4 is 11.6 Å². The fraction of sp³-hybridized carbons (Fsp3) is 0.939. The lowest BCUT2D eigenvalue weighted by Crippen LogP contribution is -2.07. The van der Waals surface area contributed by atoms with Gasteiger partial charge in [0.2, 0.25) is 0 Å². The van der Waals surface area contributed by atoms with E-state index in [1.54, 1.807) is 0 Å². The molecule has 0 aromatic heterocycles. The standard InChI is InChI=1S/C33H64O3/c1-3-5-6-7-8-9-10-11-12-14-18-21-24-28-32(35)30-33(36)29-25-22-19-16-13-15-17-20-23-27-31(34)26-4-2/h31,34H,3-30H2,1-2H3/t31-/m1/s1. The minimum atomic E-state index is -0.0905. The number of aliphatic hydroxyl groups excluding tert-OH is 1. The van der Waals surface area contributed by atoms with E-state index in [0.717, 1.165) is 51.4 Å². The van der Waals surface area contributed by atoms with Crippen molar-refractivity contribution in [3.8, 4) is 0 Å². The normalized spacial score (nSPS) is 12.2. The molecule has 0 aliphatic carbocycles. The molecule has 0 radical (unpaired) electrons. The van der Waals surface area contributed by atoms with Crippen LogP contribution in [0.2, 0.25) is 0 Å². The Bertz CT molecular complexity index is 474. The van der Waals surface area contributed by atoms with Crippen LogP contribution in [0.5, 0.6) is 0 Å². The highest BCUT2D eigenvalue weighted by molar-refractivity contribution is 5.98. The first-order valence-electron chi connectivity index (χ1n) is 16.3. The molecule has 0 amide bonds. The van der Waals surface area contributed by atoms with Gasteiger partial charge in [0.1, 0.15) is 11.6 Å². The summed E-state index contributed by atoms with van der Waals surface area (Å²) in [7, 11) is 0. The summed E-state index contributed by atoms with van der Waals surface area (Å²) < 4.78 is 0. The van der Waals surface area contributed by atoms with Gasteiger partial charge in [-0.25, -0.2) is 0 Å². The lowest BCUT2D eigenvalue weighted by atomic mass is 10.0. The Morgan fingerprint density at radius 1 is 0.444 bits per heavy atom. The van der Waals surface area contributed by atoms with Gasteiger partial charge in [-0.3, -0.25) is 9.59 Å². The average Bonchev–Trinajstić information content (AvgIpc) is 2.85. The van der Waals surface area contributed by atoms with Crippen LogP contribution >= 0.6 is 0 Å². The van der Waals surface area contributed by atoms with Gasteiger partial charge in [-0.2, -0.15) is 0 Å². The van der Waals surface area contributed by atoms with Crippen molar-refractivity contribution in [2.24, 2.45) is 0 Å². The first-order chi connectivity index (χ1) is 17.6. The van der Waals surface area contributed by atoms with Gasteiger partial charge in [-0.1, -0.05) is 149 Å². The Kier molecular flexibility index (Phi) is 28.3. The summed E-state index contributed by atoms with van der Waals surface area (Å²) in [6.45, 7) is 4.40. The van der Waals surface area contributed by atoms with Gasteiger partial charge >= 0.3 is 0 Å². The molecule has 1 atom stereocenters. The highest BCUT2D eigenvalue weighted by Gasteiger charge is 2.09. The zero-order valence-corrected chi connectivity index (χ0v) is 24.6. The van der Waals surface area contributed by atoms with Crippen molar-refractivity contribution in [2.75, 3.05) is 0 Å². The second-order valence-electron chi connectivity index (χ2n) is 11.4. The molecular weight excluding hydrogens is 444 g/mol. The fourth-order valence-corrected chi connectivity index (χ4v) is 5.15. The summed E-state index contributed by atoms with van der Waals surface area (Å²) in [4.78, 5) is 24.1. The van der Waals surface area contributed by atoms with Crippen LogP contribution in [0.3, 0.4) is 0 Å². The van der Waals surface area contributed by atoms with E-state index in [1.807, 2.05) is 0 Å². The number of ketones is 2.